The van der Waals surface area contributed by atoms with Crippen LogP contribution in [0.15, 0.2) is 85.1 Å². The van der Waals surface area contributed by atoms with Gasteiger partial charge in [-0.2, -0.15) is 0 Å². The highest BCUT2D eigenvalue weighted by Gasteiger charge is 2.27. The van der Waals surface area contributed by atoms with E-state index in [0.717, 1.165) is 40.0 Å². The van der Waals surface area contributed by atoms with E-state index >= 15 is 0 Å². The Kier molecular flexibility index (Phi) is 9.14. The van der Waals surface area contributed by atoms with Crippen molar-refractivity contribution in [1.29, 1.82) is 0 Å². The zero-order valence-electron chi connectivity index (χ0n) is 25.6. The molecule has 3 aromatic carbocycles. The maximum atomic E-state index is 13.1. The fourth-order valence-corrected chi connectivity index (χ4v) is 5.17. The lowest BCUT2D eigenvalue weighted by Gasteiger charge is -2.24. The molecule has 2 heterocycles. The van der Waals surface area contributed by atoms with Crippen LogP contribution >= 0.6 is 0 Å². The number of rotatable bonds is 11. The summed E-state index contributed by atoms with van der Waals surface area (Å²) in [5, 5.41) is 13.6. The number of alkyl carbamates (subject to hydrolysis) is 1. The Hall–Kier alpha value is -4.59. The van der Waals surface area contributed by atoms with Gasteiger partial charge in [-0.15, -0.1) is 10.2 Å². The summed E-state index contributed by atoms with van der Waals surface area (Å²) in [5.41, 5.74) is 3.80. The molecule has 43 heavy (non-hydrogen) atoms. The number of para-hydroxylation sites is 1. The molecule has 0 aliphatic rings. The van der Waals surface area contributed by atoms with E-state index in [2.05, 4.69) is 50.3 Å². The smallest absolute Gasteiger partial charge is 0.408 e. The summed E-state index contributed by atoms with van der Waals surface area (Å²) >= 11 is 0. The largest absolute Gasteiger partial charge is 0.491 e. The van der Waals surface area contributed by atoms with Crippen molar-refractivity contribution in [3.63, 3.8) is 0 Å². The first-order valence-electron chi connectivity index (χ1n) is 14.9. The van der Waals surface area contributed by atoms with Crippen LogP contribution in [0.4, 0.5) is 4.79 Å². The summed E-state index contributed by atoms with van der Waals surface area (Å²) in [6, 6.07) is 26.2. The molecule has 0 aliphatic carbocycles. The van der Waals surface area contributed by atoms with Gasteiger partial charge in [-0.05, 0) is 75.9 Å². The van der Waals surface area contributed by atoms with Crippen molar-refractivity contribution in [3.8, 4) is 5.75 Å². The van der Waals surface area contributed by atoms with Crippen LogP contribution in [0.3, 0.4) is 0 Å². The Bertz CT molecular complexity index is 1630. The van der Waals surface area contributed by atoms with E-state index in [1.807, 2.05) is 89.3 Å². The number of nitrogens with zero attached hydrogens (tertiary/aromatic N) is 3. The minimum Gasteiger partial charge on any atom is -0.491 e. The predicted octanol–water partition coefficient (Wildman–Crippen LogP) is 7.19. The topological polar surface area (TPSA) is 94.1 Å². The van der Waals surface area contributed by atoms with Gasteiger partial charge < -0.3 is 24.3 Å². The number of ether oxygens (including phenoxy) is 2. The molecule has 5 aromatic rings. The Morgan fingerprint density at radius 2 is 1.63 bits per heavy atom. The van der Waals surface area contributed by atoms with Gasteiger partial charge in [0, 0.05) is 29.9 Å². The Morgan fingerprint density at radius 3 is 2.35 bits per heavy atom. The van der Waals surface area contributed by atoms with Gasteiger partial charge in [0.2, 0.25) is 0 Å². The molecule has 0 radical (unpaired) electrons. The summed E-state index contributed by atoms with van der Waals surface area (Å²) in [6.45, 7) is 10.2. The number of fused-ring (bicyclic) bond motifs is 1. The molecular formula is C35H41N5O3. The number of nitrogens with one attached hydrogen (secondary N) is 2. The van der Waals surface area contributed by atoms with Crippen molar-refractivity contribution in [3.05, 3.63) is 113 Å². The number of hydrogen-bond acceptors (Lipinski definition) is 5. The molecule has 0 spiro atoms. The van der Waals surface area contributed by atoms with E-state index in [1.165, 1.54) is 5.56 Å². The summed E-state index contributed by atoms with van der Waals surface area (Å²) < 4.78 is 13.7. The number of hydrogen-bond donors (Lipinski definition) is 2. The van der Waals surface area contributed by atoms with Crippen molar-refractivity contribution < 1.29 is 14.3 Å². The second-order valence-electron chi connectivity index (χ2n) is 12.1. The summed E-state index contributed by atoms with van der Waals surface area (Å²) in [5.74, 6) is 2.37. The van der Waals surface area contributed by atoms with Crippen LogP contribution in [0.25, 0.3) is 10.9 Å². The first-order chi connectivity index (χ1) is 20.6. The third-order valence-electron chi connectivity index (χ3n) is 7.07. The maximum absolute atomic E-state index is 13.1. The van der Waals surface area contributed by atoms with Crippen LogP contribution in [0.2, 0.25) is 0 Å². The molecule has 1 atom stereocenters. The Morgan fingerprint density at radius 1 is 0.907 bits per heavy atom. The number of H-pyrrole nitrogens is 1. The van der Waals surface area contributed by atoms with Gasteiger partial charge in [-0.3, -0.25) is 0 Å². The van der Waals surface area contributed by atoms with Gasteiger partial charge in [0.05, 0.1) is 18.7 Å². The monoisotopic (exact) mass is 579 g/mol. The van der Waals surface area contributed by atoms with Crippen LogP contribution < -0.4 is 10.1 Å². The number of aromatic amines is 1. The summed E-state index contributed by atoms with van der Waals surface area (Å²) in [6.07, 6.45) is 3.65. The first-order valence-corrected chi connectivity index (χ1v) is 14.9. The zero-order valence-corrected chi connectivity index (χ0v) is 25.6. The number of carbonyl (C=O) groups excluding carboxylic acids is 1. The molecule has 5 rings (SSSR count). The molecule has 224 valence electrons. The second kappa shape index (κ2) is 13.2. The molecule has 0 aliphatic heterocycles. The van der Waals surface area contributed by atoms with E-state index < -0.39 is 17.7 Å². The number of benzene rings is 3. The van der Waals surface area contributed by atoms with Gasteiger partial charge in [-0.1, -0.05) is 60.7 Å². The van der Waals surface area contributed by atoms with Crippen molar-refractivity contribution in [2.75, 3.05) is 0 Å². The van der Waals surface area contributed by atoms with E-state index in [0.29, 0.717) is 25.2 Å². The normalized spacial score (nSPS) is 12.4. The standard InChI is InChI=1S/C35H41N5O3/c1-24(2)42-28-18-15-26(16-19-28)23-40-32(20-17-25-11-7-6-8-12-25)38-39-33(40)31(37-34(41)43-35(3,4)5)21-27-22-36-30-14-10-9-13-29(27)30/h6-16,18-19,22,24,31,36H,17,20-21,23H2,1-5H3,(H,37,41). The highest BCUT2D eigenvalue weighted by molar-refractivity contribution is 5.83. The number of aryl methyl sites for hydroxylation is 2. The third kappa shape index (κ3) is 8.03. The van der Waals surface area contributed by atoms with Crippen molar-refractivity contribution in [2.24, 2.45) is 0 Å². The molecule has 8 nitrogen and oxygen atoms in total. The van der Waals surface area contributed by atoms with Crippen LogP contribution in [0.1, 0.15) is 69.0 Å². The highest BCUT2D eigenvalue weighted by atomic mass is 16.6. The molecule has 0 bridgehead atoms. The number of carbonyl (C=O) groups is 1. The molecule has 1 unspecified atom stereocenters. The van der Waals surface area contributed by atoms with Crippen LogP contribution in [-0.4, -0.2) is 37.5 Å². The van der Waals surface area contributed by atoms with Crippen molar-refractivity contribution in [2.45, 2.75) is 78.2 Å². The quantitative estimate of drug-likeness (QED) is 0.173. The fraction of sp³-hybridized carbons (Fsp3) is 0.343. The van der Waals surface area contributed by atoms with Crippen LogP contribution in [0, 0.1) is 0 Å². The van der Waals surface area contributed by atoms with Crippen LogP contribution in [-0.2, 0) is 30.5 Å². The van der Waals surface area contributed by atoms with E-state index in [1.54, 1.807) is 0 Å². The van der Waals surface area contributed by atoms with Crippen molar-refractivity contribution in [1.82, 2.24) is 25.1 Å². The highest BCUT2D eigenvalue weighted by Crippen LogP contribution is 2.26. The van der Waals surface area contributed by atoms with Crippen molar-refractivity contribution >= 4 is 17.0 Å². The molecule has 2 N–H and O–H groups in total. The van der Waals surface area contributed by atoms with E-state index in [4.69, 9.17) is 14.6 Å². The van der Waals surface area contributed by atoms with E-state index in [-0.39, 0.29) is 6.10 Å². The Balaban J connectivity index is 1.51. The molecule has 1 amide bonds. The molecular weight excluding hydrogens is 538 g/mol. The summed E-state index contributed by atoms with van der Waals surface area (Å²) in [4.78, 5) is 16.5. The lowest BCUT2D eigenvalue weighted by molar-refractivity contribution is 0.0500. The molecule has 0 saturated carbocycles. The third-order valence-corrected chi connectivity index (χ3v) is 7.07. The molecule has 0 saturated heterocycles. The first kappa shape index (κ1) is 29.9. The molecule has 8 heteroatoms. The van der Waals surface area contributed by atoms with E-state index in [9.17, 15) is 4.79 Å². The number of aromatic nitrogens is 4. The van der Waals surface area contributed by atoms with Gasteiger partial charge in [0.1, 0.15) is 17.2 Å². The minimum atomic E-state index is -0.635. The number of amides is 1. The SMILES string of the molecule is CC(C)Oc1ccc(Cn2c(CCc3ccccc3)nnc2C(Cc2c[nH]c3ccccc23)NC(=O)OC(C)(C)C)cc1. The average Bonchev–Trinajstić information content (AvgIpc) is 3.56. The summed E-state index contributed by atoms with van der Waals surface area (Å²) in [7, 11) is 0. The average molecular weight is 580 g/mol. The lowest BCUT2D eigenvalue weighted by Crippen LogP contribution is -2.37. The molecule has 2 aromatic heterocycles. The fourth-order valence-electron chi connectivity index (χ4n) is 5.17. The van der Waals surface area contributed by atoms with Gasteiger partial charge in [0.15, 0.2) is 5.82 Å². The van der Waals surface area contributed by atoms with Gasteiger partial charge in [-0.25, -0.2) is 4.79 Å². The minimum absolute atomic E-state index is 0.101. The predicted molar refractivity (Wildman–Crippen MR) is 169 cm³/mol. The van der Waals surface area contributed by atoms with Gasteiger partial charge in [0.25, 0.3) is 0 Å². The zero-order chi connectivity index (χ0) is 30.4. The molecule has 0 fully saturated rings. The second-order valence-corrected chi connectivity index (χ2v) is 12.1. The van der Waals surface area contributed by atoms with Crippen LogP contribution in [0.5, 0.6) is 5.75 Å². The Labute approximate surface area is 253 Å². The lowest BCUT2D eigenvalue weighted by atomic mass is 10.0. The maximum Gasteiger partial charge on any atom is 0.408 e. The van der Waals surface area contributed by atoms with Gasteiger partial charge >= 0.3 is 6.09 Å².